The van der Waals surface area contributed by atoms with E-state index in [1.165, 1.54) is 19.2 Å². The number of nitrogens with zero attached hydrogens (tertiary/aromatic N) is 4. The monoisotopic (exact) mass is 555 g/mol. The Kier molecular flexibility index (Phi) is 6.12. The maximum atomic E-state index is 14.3. The van der Waals surface area contributed by atoms with Crippen molar-refractivity contribution >= 4 is 33.5 Å². The van der Waals surface area contributed by atoms with Crippen molar-refractivity contribution in [2.24, 2.45) is 0 Å². The number of H-pyrrole nitrogens is 2. The van der Waals surface area contributed by atoms with Crippen molar-refractivity contribution in [3.63, 3.8) is 0 Å². The molecular weight excluding hydrogens is 533 g/mol. The number of anilines is 1. The molecule has 3 aromatic carbocycles. The number of para-hydroxylation sites is 1. The number of carbonyl (C=O) groups is 1. The molecule has 0 saturated carbocycles. The molecule has 0 fully saturated rings. The van der Waals surface area contributed by atoms with Gasteiger partial charge in [0.05, 0.1) is 47.4 Å². The quantitative estimate of drug-likeness (QED) is 0.212. The van der Waals surface area contributed by atoms with E-state index in [0.717, 1.165) is 27.5 Å². The van der Waals surface area contributed by atoms with E-state index in [1.54, 1.807) is 36.8 Å². The molecule has 0 aliphatic rings. The van der Waals surface area contributed by atoms with E-state index in [2.05, 4.69) is 30.5 Å². The molecule has 0 radical (unpaired) electrons. The van der Waals surface area contributed by atoms with E-state index >= 15 is 0 Å². The van der Waals surface area contributed by atoms with Crippen LogP contribution in [0.1, 0.15) is 10.4 Å². The van der Waals surface area contributed by atoms with Crippen LogP contribution in [-0.2, 0) is 0 Å². The highest BCUT2D eigenvalue weighted by Gasteiger charge is 2.17. The van der Waals surface area contributed by atoms with Crippen molar-refractivity contribution in [1.82, 2.24) is 30.1 Å². The van der Waals surface area contributed by atoms with Gasteiger partial charge in [-0.3, -0.25) is 19.9 Å². The van der Waals surface area contributed by atoms with Crippen LogP contribution in [0.3, 0.4) is 0 Å². The van der Waals surface area contributed by atoms with Gasteiger partial charge in [0, 0.05) is 34.3 Å². The number of rotatable bonds is 6. The van der Waals surface area contributed by atoms with Gasteiger partial charge in [-0.1, -0.05) is 30.3 Å². The Morgan fingerprint density at radius 1 is 0.905 bits per heavy atom. The highest BCUT2D eigenvalue weighted by molar-refractivity contribution is 6.04. The van der Waals surface area contributed by atoms with Crippen molar-refractivity contribution in [2.45, 2.75) is 0 Å². The molecule has 0 atom stereocenters. The number of nitrogens with one attached hydrogen (secondary N) is 3. The number of aromatic amines is 2. The maximum Gasteiger partial charge on any atom is 0.255 e. The third-order valence-corrected chi connectivity index (χ3v) is 6.93. The molecule has 10 heteroatoms. The summed E-state index contributed by atoms with van der Waals surface area (Å²) in [6, 6.07) is 23.0. The number of amides is 1. The second-order valence-electron chi connectivity index (χ2n) is 9.64. The Labute approximate surface area is 238 Å². The summed E-state index contributed by atoms with van der Waals surface area (Å²) in [6.07, 6.45) is 4.97. The number of pyridine rings is 2. The van der Waals surface area contributed by atoms with Crippen LogP contribution < -0.4 is 10.1 Å². The minimum atomic E-state index is -0.395. The van der Waals surface area contributed by atoms with Crippen LogP contribution in [0.15, 0.2) is 97.5 Å². The molecule has 3 N–H and O–H groups in total. The number of hydrogen-bond donors (Lipinski definition) is 3. The lowest BCUT2D eigenvalue weighted by molar-refractivity contribution is 0.102. The van der Waals surface area contributed by atoms with Gasteiger partial charge in [-0.25, -0.2) is 9.37 Å². The number of methoxy groups -OCH3 is 1. The smallest absolute Gasteiger partial charge is 0.255 e. The van der Waals surface area contributed by atoms with Gasteiger partial charge in [0.1, 0.15) is 17.3 Å². The Balaban J connectivity index is 1.25. The van der Waals surface area contributed by atoms with Crippen LogP contribution in [0, 0.1) is 5.82 Å². The van der Waals surface area contributed by atoms with Gasteiger partial charge in [-0.05, 0) is 48.0 Å². The topological polar surface area (TPSA) is 121 Å². The number of hydrogen-bond acceptors (Lipinski definition) is 6. The van der Waals surface area contributed by atoms with Crippen LogP contribution in [0.5, 0.6) is 5.75 Å². The summed E-state index contributed by atoms with van der Waals surface area (Å²) in [5, 5.41) is 11.2. The summed E-state index contributed by atoms with van der Waals surface area (Å²) in [5.74, 6) is 0.352. The molecule has 0 bridgehead atoms. The standard InChI is InChI=1S/C32H22FN7O2/c1-42-23-12-19(10-21(33)13-23)24-8-5-9-26-29(24)38-31(37-26)30-25-14-27(35-17-28(25)39-40-30)20-11-22(16-34-15-20)36-32(41)18-6-3-2-4-7-18/h2-17H,1H3,(H,36,41)(H,37,38)(H,39,40). The molecule has 0 spiro atoms. The fraction of sp³-hybridized carbons (Fsp3) is 0.0312. The van der Waals surface area contributed by atoms with Gasteiger partial charge in [0.2, 0.25) is 0 Å². The number of ether oxygens (including phenoxy) is 1. The van der Waals surface area contributed by atoms with Gasteiger partial charge >= 0.3 is 0 Å². The first-order chi connectivity index (χ1) is 20.6. The number of halogens is 1. The van der Waals surface area contributed by atoms with Crippen molar-refractivity contribution < 1.29 is 13.9 Å². The van der Waals surface area contributed by atoms with Crippen molar-refractivity contribution in [3.05, 3.63) is 109 Å². The first-order valence-corrected chi connectivity index (χ1v) is 13.1. The summed E-state index contributed by atoms with van der Waals surface area (Å²) < 4.78 is 19.6. The first kappa shape index (κ1) is 25.1. The Hall–Kier alpha value is -5.90. The van der Waals surface area contributed by atoms with Gasteiger partial charge < -0.3 is 15.0 Å². The number of imidazole rings is 1. The molecule has 9 nitrogen and oxygen atoms in total. The molecular formula is C32H22FN7O2. The SMILES string of the molecule is COc1cc(F)cc(-c2cccc3[nH]c(-c4n[nH]c5cnc(-c6cncc(NC(=O)c7ccccc7)c6)cc45)nc23)c1. The Bertz CT molecular complexity index is 2100. The molecule has 7 aromatic rings. The lowest BCUT2D eigenvalue weighted by atomic mass is 10.0. The van der Waals surface area contributed by atoms with Crippen molar-refractivity contribution in [2.75, 3.05) is 12.4 Å². The third kappa shape index (κ3) is 4.60. The van der Waals surface area contributed by atoms with E-state index in [9.17, 15) is 9.18 Å². The zero-order valence-electron chi connectivity index (χ0n) is 22.2. The van der Waals surface area contributed by atoms with Crippen LogP contribution in [-0.4, -0.2) is 43.2 Å². The third-order valence-electron chi connectivity index (χ3n) is 6.93. The molecule has 0 aliphatic heterocycles. The van der Waals surface area contributed by atoms with Gasteiger partial charge in [0.15, 0.2) is 5.82 Å². The lowest BCUT2D eigenvalue weighted by Crippen LogP contribution is -2.11. The Morgan fingerprint density at radius 2 is 1.79 bits per heavy atom. The average molecular weight is 556 g/mol. The minimum absolute atomic E-state index is 0.226. The van der Waals surface area contributed by atoms with E-state index in [4.69, 9.17) is 9.72 Å². The minimum Gasteiger partial charge on any atom is -0.497 e. The summed E-state index contributed by atoms with van der Waals surface area (Å²) in [6.45, 7) is 0. The van der Waals surface area contributed by atoms with Crippen molar-refractivity contribution in [1.29, 1.82) is 0 Å². The second-order valence-corrected chi connectivity index (χ2v) is 9.64. The lowest BCUT2D eigenvalue weighted by Gasteiger charge is -2.07. The molecule has 0 saturated heterocycles. The summed E-state index contributed by atoms with van der Waals surface area (Å²) in [7, 11) is 1.50. The zero-order chi connectivity index (χ0) is 28.6. The van der Waals surface area contributed by atoms with E-state index in [0.29, 0.717) is 45.3 Å². The fourth-order valence-corrected chi connectivity index (χ4v) is 4.91. The van der Waals surface area contributed by atoms with Gasteiger partial charge in [-0.2, -0.15) is 5.10 Å². The Morgan fingerprint density at radius 3 is 2.64 bits per heavy atom. The molecule has 0 unspecified atom stereocenters. The summed E-state index contributed by atoms with van der Waals surface area (Å²) in [5.41, 5.74) is 6.68. The largest absolute Gasteiger partial charge is 0.497 e. The molecule has 0 aliphatic carbocycles. The highest BCUT2D eigenvalue weighted by Crippen LogP contribution is 2.34. The van der Waals surface area contributed by atoms with E-state index in [1.807, 2.05) is 48.5 Å². The normalized spacial score (nSPS) is 11.2. The number of benzene rings is 3. The van der Waals surface area contributed by atoms with Crippen LogP contribution in [0.2, 0.25) is 0 Å². The molecule has 4 aromatic heterocycles. The molecule has 1 amide bonds. The van der Waals surface area contributed by atoms with Crippen LogP contribution in [0.25, 0.3) is 55.8 Å². The molecule has 42 heavy (non-hydrogen) atoms. The predicted molar refractivity (Wildman–Crippen MR) is 159 cm³/mol. The van der Waals surface area contributed by atoms with Crippen LogP contribution >= 0.6 is 0 Å². The van der Waals surface area contributed by atoms with E-state index in [-0.39, 0.29) is 5.91 Å². The van der Waals surface area contributed by atoms with Crippen molar-refractivity contribution in [3.8, 4) is 39.7 Å². The van der Waals surface area contributed by atoms with Gasteiger partial charge in [-0.15, -0.1) is 0 Å². The summed E-state index contributed by atoms with van der Waals surface area (Å²) in [4.78, 5) is 29.7. The molecule has 7 rings (SSSR count). The molecule has 204 valence electrons. The number of fused-ring (bicyclic) bond motifs is 2. The van der Waals surface area contributed by atoms with E-state index < -0.39 is 5.82 Å². The van der Waals surface area contributed by atoms with Gasteiger partial charge in [0.25, 0.3) is 5.91 Å². The fourth-order valence-electron chi connectivity index (χ4n) is 4.91. The zero-order valence-corrected chi connectivity index (χ0v) is 22.2. The summed E-state index contributed by atoms with van der Waals surface area (Å²) >= 11 is 0. The molecule has 4 heterocycles. The van der Waals surface area contributed by atoms with Crippen LogP contribution in [0.4, 0.5) is 10.1 Å². The highest BCUT2D eigenvalue weighted by atomic mass is 19.1. The maximum absolute atomic E-state index is 14.3. The first-order valence-electron chi connectivity index (χ1n) is 13.1. The average Bonchev–Trinajstić information content (AvgIpc) is 3.65. The second kappa shape index (κ2) is 10.3. The number of carbonyl (C=O) groups excluding carboxylic acids is 1. The predicted octanol–water partition coefficient (Wildman–Crippen LogP) is 6.63. The number of aromatic nitrogens is 6.